The van der Waals surface area contributed by atoms with Crippen LogP contribution in [0.15, 0.2) is 40.7 Å². The summed E-state index contributed by atoms with van der Waals surface area (Å²) in [6.45, 7) is 4.12. The van der Waals surface area contributed by atoms with E-state index in [0.29, 0.717) is 11.1 Å². The lowest BCUT2D eigenvalue weighted by Gasteiger charge is -2.17. The number of carbonyl (C=O) groups is 1. The van der Waals surface area contributed by atoms with E-state index in [4.69, 9.17) is 4.74 Å². The molecular weight excluding hydrogens is 292 g/mol. The lowest BCUT2D eigenvalue weighted by molar-refractivity contribution is -0.117. The Morgan fingerprint density at radius 2 is 2.09 bits per heavy atom. The SMILES string of the molecule is Cc1cc(C)c(CNC(=O)C2=Cc3ccccc3OC2)c(=O)[nH]1. The van der Waals surface area contributed by atoms with E-state index in [1.807, 2.05) is 50.3 Å². The summed E-state index contributed by atoms with van der Waals surface area (Å²) >= 11 is 0. The lowest BCUT2D eigenvalue weighted by atomic mass is 10.1. The number of benzene rings is 1. The van der Waals surface area contributed by atoms with Crippen molar-refractivity contribution >= 4 is 12.0 Å². The van der Waals surface area contributed by atoms with Crippen LogP contribution in [0, 0.1) is 13.8 Å². The van der Waals surface area contributed by atoms with Crippen LogP contribution in [0.5, 0.6) is 5.75 Å². The van der Waals surface area contributed by atoms with Crippen molar-refractivity contribution in [1.82, 2.24) is 10.3 Å². The molecule has 0 aliphatic carbocycles. The number of aryl methyl sites for hydroxylation is 2. The summed E-state index contributed by atoms with van der Waals surface area (Å²) in [5.41, 5.74) is 3.51. The molecule has 0 radical (unpaired) electrons. The van der Waals surface area contributed by atoms with Gasteiger partial charge in [0.25, 0.3) is 11.5 Å². The molecule has 1 aliphatic rings. The molecule has 0 fully saturated rings. The summed E-state index contributed by atoms with van der Waals surface area (Å²) in [6.07, 6.45) is 1.82. The van der Waals surface area contributed by atoms with Crippen LogP contribution in [0.4, 0.5) is 0 Å². The molecule has 0 saturated heterocycles. The van der Waals surface area contributed by atoms with Gasteiger partial charge in [-0.3, -0.25) is 9.59 Å². The minimum Gasteiger partial charge on any atom is -0.488 e. The van der Waals surface area contributed by atoms with Gasteiger partial charge in [-0.25, -0.2) is 0 Å². The number of ether oxygens (including phenoxy) is 1. The van der Waals surface area contributed by atoms with Crippen molar-refractivity contribution in [3.05, 3.63) is 68.6 Å². The molecule has 0 spiro atoms. The number of fused-ring (bicyclic) bond motifs is 1. The van der Waals surface area contributed by atoms with E-state index in [2.05, 4.69) is 10.3 Å². The Morgan fingerprint density at radius 3 is 2.87 bits per heavy atom. The zero-order valence-corrected chi connectivity index (χ0v) is 13.1. The molecule has 1 aromatic carbocycles. The van der Waals surface area contributed by atoms with Crippen LogP contribution < -0.4 is 15.6 Å². The zero-order chi connectivity index (χ0) is 16.4. The Balaban J connectivity index is 1.74. The number of para-hydroxylation sites is 1. The molecular formula is C18H18N2O3. The van der Waals surface area contributed by atoms with Crippen LogP contribution in [0.2, 0.25) is 0 Å². The fraction of sp³-hybridized carbons (Fsp3) is 0.222. The molecule has 1 amide bonds. The first-order chi connectivity index (χ1) is 11.0. The van der Waals surface area contributed by atoms with Crippen molar-refractivity contribution in [2.45, 2.75) is 20.4 Å². The molecule has 2 aromatic rings. The highest BCUT2D eigenvalue weighted by Crippen LogP contribution is 2.25. The second-order valence-corrected chi connectivity index (χ2v) is 5.62. The summed E-state index contributed by atoms with van der Waals surface area (Å²) in [4.78, 5) is 27.0. The summed E-state index contributed by atoms with van der Waals surface area (Å²) in [6, 6.07) is 9.45. The normalized spacial score (nSPS) is 12.9. The quantitative estimate of drug-likeness (QED) is 0.912. The highest BCUT2D eigenvalue weighted by atomic mass is 16.5. The monoisotopic (exact) mass is 310 g/mol. The predicted octanol–water partition coefficient (Wildman–Crippen LogP) is 2.08. The van der Waals surface area contributed by atoms with E-state index in [-0.39, 0.29) is 24.6 Å². The summed E-state index contributed by atoms with van der Waals surface area (Å²) in [5, 5.41) is 2.79. The Kier molecular flexibility index (Phi) is 4.02. The molecule has 1 aromatic heterocycles. The van der Waals surface area contributed by atoms with E-state index in [1.165, 1.54) is 0 Å². The number of nitrogens with one attached hydrogen (secondary N) is 2. The third kappa shape index (κ3) is 3.18. The van der Waals surface area contributed by atoms with Crippen molar-refractivity contribution in [1.29, 1.82) is 0 Å². The average Bonchev–Trinajstić information content (AvgIpc) is 2.53. The second kappa shape index (κ2) is 6.12. The van der Waals surface area contributed by atoms with Crippen molar-refractivity contribution in [2.24, 2.45) is 0 Å². The minimum atomic E-state index is -0.223. The average molecular weight is 310 g/mol. The van der Waals surface area contributed by atoms with Crippen molar-refractivity contribution < 1.29 is 9.53 Å². The van der Waals surface area contributed by atoms with Gasteiger partial charge < -0.3 is 15.0 Å². The maximum Gasteiger partial charge on any atom is 0.253 e. The first kappa shape index (κ1) is 15.1. The molecule has 1 aliphatic heterocycles. The first-order valence-electron chi connectivity index (χ1n) is 7.44. The van der Waals surface area contributed by atoms with Gasteiger partial charge in [-0.1, -0.05) is 18.2 Å². The van der Waals surface area contributed by atoms with Crippen LogP contribution in [0.1, 0.15) is 22.4 Å². The zero-order valence-electron chi connectivity index (χ0n) is 13.1. The Morgan fingerprint density at radius 1 is 1.30 bits per heavy atom. The van der Waals surface area contributed by atoms with Gasteiger partial charge >= 0.3 is 0 Å². The minimum absolute atomic E-state index is 0.165. The van der Waals surface area contributed by atoms with E-state index in [0.717, 1.165) is 22.6 Å². The molecule has 3 rings (SSSR count). The number of H-pyrrole nitrogens is 1. The topological polar surface area (TPSA) is 71.2 Å². The van der Waals surface area contributed by atoms with Crippen LogP contribution >= 0.6 is 0 Å². The first-order valence-corrected chi connectivity index (χ1v) is 7.44. The number of carbonyl (C=O) groups excluding carboxylic acids is 1. The van der Waals surface area contributed by atoms with Crippen LogP contribution in [-0.4, -0.2) is 17.5 Å². The predicted molar refractivity (Wildman–Crippen MR) is 88.3 cm³/mol. The highest BCUT2D eigenvalue weighted by molar-refractivity contribution is 5.99. The van der Waals surface area contributed by atoms with Gasteiger partial charge in [-0.05, 0) is 37.6 Å². The third-order valence-electron chi connectivity index (χ3n) is 3.84. The second-order valence-electron chi connectivity index (χ2n) is 5.62. The van der Waals surface area contributed by atoms with Gasteiger partial charge in [0.1, 0.15) is 12.4 Å². The summed E-state index contributed by atoms with van der Waals surface area (Å²) < 4.78 is 5.58. The summed E-state index contributed by atoms with van der Waals surface area (Å²) in [5.74, 6) is 0.550. The van der Waals surface area contributed by atoms with Crippen LogP contribution in [0.3, 0.4) is 0 Å². The van der Waals surface area contributed by atoms with Gasteiger partial charge in [0.15, 0.2) is 0 Å². The molecule has 0 atom stereocenters. The molecule has 5 heteroatoms. The number of pyridine rings is 1. The largest absolute Gasteiger partial charge is 0.488 e. The van der Waals surface area contributed by atoms with E-state index < -0.39 is 0 Å². The van der Waals surface area contributed by atoms with E-state index >= 15 is 0 Å². The fourth-order valence-electron chi connectivity index (χ4n) is 2.63. The third-order valence-corrected chi connectivity index (χ3v) is 3.84. The van der Waals surface area contributed by atoms with Gasteiger partial charge in [0, 0.05) is 23.4 Å². The smallest absolute Gasteiger partial charge is 0.253 e. The Bertz CT molecular complexity index is 850. The molecule has 2 N–H and O–H groups in total. The molecule has 5 nitrogen and oxygen atoms in total. The number of rotatable bonds is 3. The summed E-state index contributed by atoms with van der Waals surface area (Å²) in [7, 11) is 0. The highest BCUT2D eigenvalue weighted by Gasteiger charge is 2.17. The van der Waals surface area contributed by atoms with Crippen molar-refractivity contribution in [3.8, 4) is 5.75 Å². The maximum absolute atomic E-state index is 12.3. The number of amides is 1. The van der Waals surface area contributed by atoms with Crippen LogP contribution in [0.25, 0.3) is 6.08 Å². The van der Waals surface area contributed by atoms with Crippen molar-refractivity contribution in [3.63, 3.8) is 0 Å². The Hall–Kier alpha value is -2.82. The van der Waals surface area contributed by atoms with E-state index in [9.17, 15) is 9.59 Å². The number of hydrogen-bond donors (Lipinski definition) is 2. The number of hydrogen-bond acceptors (Lipinski definition) is 3. The molecule has 118 valence electrons. The number of aromatic amines is 1. The van der Waals surface area contributed by atoms with Gasteiger partial charge in [0.2, 0.25) is 0 Å². The molecule has 0 saturated carbocycles. The van der Waals surface area contributed by atoms with Gasteiger partial charge in [-0.15, -0.1) is 0 Å². The maximum atomic E-state index is 12.3. The molecule has 0 unspecified atom stereocenters. The molecule has 23 heavy (non-hydrogen) atoms. The number of aromatic nitrogens is 1. The lowest BCUT2D eigenvalue weighted by Crippen LogP contribution is -2.31. The van der Waals surface area contributed by atoms with E-state index in [1.54, 1.807) is 0 Å². The van der Waals surface area contributed by atoms with Crippen LogP contribution in [-0.2, 0) is 11.3 Å². The fourth-order valence-corrected chi connectivity index (χ4v) is 2.63. The van der Waals surface area contributed by atoms with Gasteiger partial charge in [0.05, 0.1) is 5.57 Å². The van der Waals surface area contributed by atoms with Crippen molar-refractivity contribution in [2.75, 3.05) is 6.61 Å². The molecule has 2 heterocycles. The Labute approximate surface area is 134 Å². The standard InChI is InChI=1S/C18H18N2O3/c1-11-7-12(2)20-18(22)15(11)9-19-17(21)14-8-13-5-3-4-6-16(13)23-10-14/h3-8H,9-10H2,1-2H3,(H,19,21)(H,20,22). The van der Waals surface area contributed by atoms with Gasteiger partial charge in [-0.2, -0.15) is 0 Å². The molecule has 0 bridgehead atoms.